The predicted octanol–water partition coefficient (Wildman–Crippen LogP) is 7.10. The number of allylic oxidation sites excluding steroid dienone is 2. The second kappa shape index (κ2) is 7.70. The predicted molar refractivity (Wildman–Crippen MR) is 136 cm³/mol. The van der Waals surface area contributed by atoms with Crippen molar-refractivity contribution in [1.82, 2.24) is 9.55 Å². The van der Waals surface area contributed by atoms with Crippen LogP contribution in [0.25, 0.3) is 0 Å². The molecule has 0 unspecified atom stereocenters. The number of rotatable bonds is 4. The van der Waals surface area contributed by atoms with Crippen LogP contribution in [-0.4, -0.2) is 20.8 Å². The summed E-state index contributed by atoms with van der Waals surface area (Å²) in [6.45, 7) is 15.1. The van der Waals surface area contributed by atoms with E-state index in [4.69, 9.17) is 0 Å². The van der Waals surface area contributed by atoms with Gasteiger partial charge < -0.3 is 9.67 Å². The zero-order valence-electron chi connectivity index (χ0n) is 22.4. The van der Waals surface area contributed by atoms with Crippen molar-refractivity contribution < 1.29 is 5.11 Å². The molecule has 0 aliphatic heterocycles. The molecule has 1 aromatic rings. The van der Waals surface area contributed by atoms with Crippen molar-refractivity contribution in [2.45, 2.75) is 112 Å². The number of imidazole rings is 1. The van der Waals surface area contributed by atoms with Gasteiger partial charge in [-0.3, -0.25) is 0 Å². The van der Waals surface area contributed by atoms with Crippen LogP contribution >= 0.6 is 0 Å². The Morgan fingerprint density at radius 1 is 1.03 bits per heavy atom. The molecule has 1 heterocycles. The van der Waals surface area contributed by atoms with Gasteiger partial charge in [-0.25, -0.2) is 4.98 Å². The van der Waals surface area contributed by atoms with E-state index in [1.165, 1.54) is 57.2 Å². The second-order valence-electron chi connectivity index (χ2n) is 13.7. The highest BCUT2D eigenvalue weighted by atomic mass is 16.3. The molecule has 0 spiro atoms. The number of aliphatic hydroxyl groups is 1. The lowest BCUT2D eigenvalue weighted by Gasteiger charge is -2.62. The molecule has 4 aliphatic carbocycles. The van der Waals surface area contributed by atoms with Gasteiger partial charge in [-0.2, -0.15) is 0 Å². The van der Waals surface area contributed by atoms with Crippen LogP contribution < -0.4 is 0 Å². The molecule has 5 rings (SSSR count). The van der Waals surface area contributed by atoms with Crippen LogP contribution in [0.1, 0.15) is 105 Å². The second-order valence-corrected chi connectivity index (χ2v) is 13.7. The van der Waals surface area contributed by atoms with Crippen molar-refractivity contribution in [3.8, 4) is 0 Å². The Morgan fingerprint density at radius 3 is 2.48 bits per heavy atom. The molecule has 7 atom stereocenters. The fourth-order valence-corrected chi connectivity index (χ4v) is 9.82. The van der Waals surface area contributed by atoms with E-state index in [0.29, 0.717) is 22.2 Å². The van der Waals surface area contributed by atoms with Crippen molar-refractivity contribution in [1.29, 1.82) is 0 Å². The quantitative estimate of drug-likeness (QED) is 0.495. The average Bonchev–Trinajstić information content (AvgIpc) is 3.29. The molecule has 2 saturated carbocycles. The normalized spacial score (nSPS) is 43.1. The lowest BCUT2D eigenvalue weighted by molar-refractivity contribution is -0.0962. The number of aryl methyl sites for hydroxylation is 2. The molecular formula is C30H48N2O. The largest absolute Gasteiger partial charge is 0.393 e. The Kier molecular flexibility index (Phi) is 5.52. The molecular weight excluding hydrogens is 404 g/mol. The van der Waals surface area contributed by atoms with Gasteiger partial charge in [0.25, 0.3) is 0 Å². The lowest BCUT2D eigenvalue weighted by Crippen LogP contribution is -2.55. The van der Waals surface area contributed by atoms with E-state index >= 15 is 0 Å². The van der Waals surface area contributed by atoms with Gasteiger partial charge in [-0.15, -0.1) is 0 Å². The molecule has 0 amide bonds. The monoisotopic (exact) mass is 452 g/mol. The van der Waals surface area contributed by atoms with Crippen LogP contribution in [0.3, 0.4) is 0 Å². The first-order chi connectivity index (χ1) is 15.4. The first-order valence-corrected chi connectivity index (χ1v) is 13.8. The molecule has 33 heavy (non-hydrogen) atoms. The Labute approximate surface area is 202 Å². The summed E-state index contributed by atoms with van der Waals surface area (Å²) in [5, 5.41) is 10.8. The van der Waals surface area contributed by atoms with Crippen LogP contribution in [0.5, 0.6) is 0 Å². The summed E-state index contributed by atoms with van der Waals surface area (Å²) in [4.78, 5) is 4.58. The molecule has 0 bridgehead atoms. The maximum Gasteiger partial charge on any atom is 0.108 e. The van der Waals surface area contributed by atoms with Gasteiger partial charge in [-0.05, 0) is 97.2 Å². The summed E-state index contributed by atoms with van der Waals surface area (Å²) in [5.74, 6) is 3.41. The van der Waals surface area contributed by atoms with E-state index < -0.39 is 0 Å². The van der Waals surface area contributed by atoms with E-state index in [0.717, 1.165) is 24.7 Å². The van der Waals surface area contributed by atoms with E-state index in [1.807, 2.05) is 17.3 Å². The highest BCUT2D eigenvalue weighted by Gasteiger charge is 2.63. The van der Waals surface area contributed by atoms with E-state index in [-0.39, 0.29) is 11.5 Å². The first-order valence-electron chi connectivity index (χ1n) is 13.8. The Bertz CT molecular complexity index is 943. The van der Waals surface area contributed by atoms with Gasteiger partial charge in [0, 0.05) is 25.9 Å². The van der Waals surface area contributed by atoms with Crippen molar-refractivity contribution in [3.05, 3.63) is 29.4 Å². The third-order valence-corrected chi connectivity index (χ3v) is 12.2. The van der Waals surface area contributed by atoms with Gasteiger partial charge >= 0.3 is 0 Å². The van der Waals surface area contributed by atoms with Gasteiger partial charge in [0.1, 0.15) is 5.82 Å². The molecule has 0 saturated heterocycles. The molecule has 4 aliphatic rings. The molecule has 0 aromatic carbocycles. The van der Waals surface area contributed by atoms with E-state index in [1.54, 1.807) is 0 Å². The SMILES string of the molecule is C[C@H](CCc1nccn1C)[C@H]1CC[C@@]2(C)C3=C(CC[C@]12C)[C@@]1(C)CC[C@H](O)C(C)(C)[C@@H]1CC3. The standard InChI is InChI=1S/C30H48N2O/c1-20(8-11-26-31-18-19-32(26)7)21-12-16-30(6)23-9-10-24-27(2,3)25(33)14-15-28(24,4)22(23)13-17-29(21,30)5/h18-21,24-25,33H,8-17H2,1-7H3/t20-,21-,24+,25+,28-,29-,30+/m1/s1. The van der Waals surface area contributed by atoms with Gasteiger partial charge in [0.05, 0.1) is 6.10 Å². The molecule has 184 valence electrons. The van der Waals surface area contributed by atoms with Crippen molar-refractivity contribution >= 4 is 0 Å². The maximum absolute atomic E-state index is 10.8. The number of hydrogen-bond donors (Lipinski definition) is 1. The van der Waals surface area contributed by atoms with Crippen molar-refractivity contribution in [3.63, 3.8) is 0 Å². The average molecular weight is 453 g/mol. The molecule has 0 radical (unpaired) electrons. The van der Waals surface area contributed by atoms with E-state index in [9.17, 15) is 5.11 Å². The molecule has 1 aromatic heterocycles. The van der Waals surface area contributed by atoms with Gasteiger partial charge in [-0.1, -0.05) is 52.7 Å². The fourth-order valence-electron chi connectivity index (χ4n) is 9.82. The summed E-state index contributed by atoms with van der Waals surface area (Å²) in [7, 11) is 2.12. The topological polar surface area (TPSA) is 38.0 Å². The lowest BCUT2D eigenvalue weighted by atomic mass is 9.43. The Morgan fingerprint density at radius 2 is 1.79 bits per heavy atom. The molecule has 2 fully saturated rings. The van der Waals surface area contributed by atoms with Gasteiger partial charge in [0.2, 0.25) is 0 Å². The Balaban J connectivity index is 1.42. The number of aliphatic hydroxyl groups excluding tert-OH is 1. The third-order valence-electron chi connectivity index (χ3n) is 12.2. The van der Waals surface area contributed by atoms with Crippen LogP contribution in [0, 0.1) is 39.4 Å². The Hall–Kier alpha value is -1.09. The summed E-state index contributed by atoms with van der Waals surface area (Å²) in [6.07, 6.45) is 16.3. The zero-order chi connectivity index (χ0) is 23.8. The van der Waals surface area contributed by atoms with Crippen LogP contribution in [-0.2, 0) is 13.5 Å². The third kappa shape index (κ3) is 3.20. The minimum Gasteiger partial charge on any atom is -0.393 e. The summed E-state index contributed by atoms with van der Waals surface area (Å²) >= 11 is 0. The van der Waals surface area contributed by atoms with Crippen molar-refractivity contribution in [2.24, 2.45) is 46.5 Å². The number of aromatic nitrogens is 2. The fraction of sp³-hybridized carbons (Fsp3) is 0.833. The number of fused-ring (bicyclic) bond motifs is 4. The van der Waals surface area contributed by atoms with Crippen LogP contribution in [0.2, 0.25) is 0 Å². The number of hydrogen-bond acceptors (Lipinski definition) is 2. The van der Waals surface area contributed by atoms with Crippen LogP contribution in [0.4, 0.5) is 0 Å². The molecule has 1 N–H and O–H groups in total. The highest BCUT2D eigenvalue weighted by Crippen LogP contribution is 2.72. The summed E-state index contributed by atoms with van der Waals surface area (Å²) in [6, 6.07) is 0. The van der Waals surface area contributed by atoms with Crippen LogP contribution in [0.15, 0.2) is 23.5 Å². The minimum absolute atomic E-state index is 0.0326. The first kappa shape index (κ1) is 23.6. The minimum atomic E-state index is -0.141. The number of nitrogens with zero attached hydrogens (tertiary/aromatic N) is 2. The maximum atomic E-state index is 10.8. The molecule has 3 nitrogen and oxygen atoms in total. The summed E-state index contributed by atoms with van der Waals surface area (Å²) in [5.41, 5.74) is 4.80. The smallest absolute Gasteiger partial charge is 0.108 e. The summed E-state index contributed by atoms with van der Waals surface area (Å²) < 4.78 is 2.19. The van der Waals surface area contributed by atoms with Gasteiger partial charge in [0.15, 0.2) is 0 Å². The highest BCUT2D eigenvalue weighted by molar-refractivity contribution is 5.38. The van der Waals surface area contributed by atoms with Crippen molar-refractivity contribution in [2.75, 3.05) is 0 Å². The molecule has 3 heteroatoms. The zero-order valence-corrected chi connectivity index (χ0v) is 22.4. The van der Waals surface area contributed by atoms with E-state index in [2.05, 4.69) is 64.3 Å².